The third-order valence-corrected chi connectivity index (χ3v) is 5.62. The summed E-state index contributed by atoms with van der Waals surface area (Å²) in [7, 11) is 4.47. The molecular weight excluding hydrogens is 250 g/mol. The van der Waals surface area contributed by atoms with E-state index in [9.17, 15) is 0 Å². The Morgan fingerprint density at radius 1 is 1.15 bits per heavy atom. The molecule has 1 aliphatic heterocycles. The predicted molar refractivity (Wildman–Crippen MR) is 83.4 cm³/mol. The van der Waals surface area contributed by atoms with Crippen molar-refractivity contribution in [2.45, 2.75) is 69.4 Å². The topological polar surface area (TPSA) is 50.5 Å². The van der Waals surface area contributed by atoms with Crippen LogP contribution in [0.1, 0.15) is 57.8 Å². The molecule has 1 saturated carbocycles. The number of nitrogens with zero attached hydrogens (tertiary/aromatic N) is 1. The van der Waals surface area contributed by atoms with Gasteiger partial charge in [-0.3, -0.25) is 11.3 Å². The van der Waals surface area contributed by atoms with E-state index in [-0.39, 0.29) is 5.54 Å². The Morgan fingerprint density at radius 3 is 2.25 bits per heavy atom. The fourth-order valence-corrected chi connectivity index (χ4v) is 4.21. The van der Waals surface area contributed by atoms with Crippen LogP contribution in [0.4, 0.5) is 0 Å². The number of hydrogen-bond acceptors (Lipinski definition) is 4. The number of likely N-dealkylation sites (N-methyl/N-ethyl adjacent to an activating group) is 1. The Labute approximate surface area is 124 Å². The second-order valence-electron chi connectivity index (χ2n) is 6.92. The summed E-state index contributed by atoms with van der Waals surface area (Å²) in [5.74, 6) is 6.76. The van der Waals surface area contributed by atoms with E-state index in [0.29, 0.717) is 6.04 Å². The molecule has 0 aromatic heterocycles. The second-order valence-corrected chi connectivity index (χ2v) is 6.92. The number of ether oxygens (including phenoxy) is 1. The van der Waals surface area contributed by atoms with E-state index in [1.807, 2.05) is 0 Å². The zero-order valence-electron chi connectivity index (χ0n) is 13.4. The van der Waals surface area contributed by atoms with Crippen LogP contribution in [-0.2, 0) is 4.74 Å². The van der Waals surface area contributed by atoms with Gasteiger partial charge in [0.25, 0.3) is 0 Å². The highest BCUT2D eigenvalue weighted by Crippen LogP contribution is 2.37. The summed E-state index contributed by atoms with van der Waals surface area (Å²) >= 11 is 0. The van der Waals surface area contributed by atoms with Crippen LogP contribution in [0.15, 0.2) is 0 Å². The Hall–Kier alpha value is -0.160. The molecule has 1 heterocycles. The van der Waals surface area contributed by atoms with Gasteiger partial charge in [-0.05, 0) is 52.1 Å². The van der Waals surface area contributed by atoms with Crippen LogP contribution in [0, 0.1) is 5.92 Å². The molecule has 1 unspecified atom stereocenters. The highest BCUT2D eigenvalue weighted by atomic mass is 16.5. The molecule has 1 saturated heterocycles. The lowest BCUT2D eigenvalue weighted by molar-refractivity contribution is 0.0332. The van der Waals surface area contributed by atoms with Gasteiger partial charge in [-0.2, -0.15) is 0 Å². The first-order valence-corrected chi connectivity index (χ1v) is 8.40. The molecule has 4 heteroatoms. The van der Waals surface area contributed by atoms with Crippen molar-refractivity contribution in [1.82, 2.24) is 10.3 Å². The zero-order chi connectivity index (χ0) is 14.4. The first-order valence-electron chi connectivity index (χ1n) is 8.40. The minimum absolute atomic E-state index is 0.240. The lowest BCUT2D eigenvalue weighted by Gasteiger charge is -2.47. The molecule has 3 N–H and O–H groups in total. The van der Waals surface area contributed by atoms with E-state index in [0.717, 1.165) is 19.1 Å². The monoisotopic (exact) mass is 283 g/mol. The lowest BCUT2D eigenvalue weighted by Crippen LogP contribution is -2.61. The largest absolute Gasteiger partial charge is 0.381 e. The van der Waals surface area contributed by atoms with E-state index in [2.05, 4.69) is 24.4 Å². The van der Waals surface area contributed by atoms with E-state index < -0.39 is 0 Å². The molecule has 2 rings (SSSR count). The zero-order valence-corrected chi connectivity index (χ0v) is 13.4. The van der Waals surface area contributed by atoms with Gasteiger partial charge in [-0.25, -0.2) is 0 Å². The average Bonchev–Trinajstić information content (AvgIpc) is 2.72. The molecule has 0 aromatic carbocycles. The van der Waals surface area contributed by atoms with Crippen LogP contribution in [0.2, 0.25) is 0 Å². The highest BCUT2D eigenvalue weighted by Gasteiger charge is 2.41. The molecule has 0 amide bonds. The summed E-state index contributed by atoms with van der Waals surface area (Å²) in [5.41, 5.74) is 3.43. The molecule has 2 fully saturated rings. The quantitative estimate of drug-likeness (QED) is 0.462. The second kappa shape index (κ2) is 7.74. The Morgan fingerprint density at radius 2 is 1.75 bits per heavy atom. The Kier molecular flexibility index (Phi) is 6.27. The lowest BCUT2D eigenvalue weighted by atomic mass is 9.76. The van der Waals surface area contributed by atoms with Crippen molar-refractivity contribution in [2.75, 3.05) is 27.3 Å². The summed E-state index contributed by atoms with van der Waals surface area (Å²) in [6.45, 7) is 1.86. The van der Waals surface area contributed by atoms with Crippen LogP contribution < -0.4 is 11.3 Å². The van der Waals surface area contributed by atoms with E-state index in [4.69, 9.17) is 10.6 Å². The molecule has 4 nitrogen and oxygen atoms in total. The van der Waals surface area contributed by atoms with Gasteiger partial charge in [0.05, 0.1) is 0 Å². The number of nitrogens with two attached hydrogens (primary N) is 1. The summed E-state index contributed by atoms with van der Waals surface area (Å²) in [5, 5.41) is 0. The molecule has 0 bridgehead atoms. The van der Waals surface area contributed by atoms with E-state index in [1.165, 1.54) is 57.8 Å². The third-order valence-electron chi connectivity index (χ3n) is 5.62. The van der Waals surface area contributed by atoms with Gasteiger partial charge in [-0.1, -0.05) is 25.7 Å². The van der Waals surface area contributed by atoms with Crippen molar-refractivity contribution >= 4 is 0 Å². The minimum Gasteiger partial charge on any atom is -0.381 e. The molecule has 118 valence electrons. The van der Waals surface area contributed by atoms with Crippen molar-refractivity contribution in [3.05, 3.63) is 0 Å². The molecule has 0 radical (unpaired) electrons. The van der Waals surface area contributed by atoms with E-state index in [1.54, 1.807) is 0 Å². The van der Waals surface area contributed by atoms with Crippen molar-refractivity contribution in [1.29, 1.82) is 0 Å². The SMILES string of the molecule is CN(C)C1(C(CC2CCOCC2)NN)CCCCCC1. The Balaban J connectivity index is 2.07. The molecular formula is C16H33N3O. The fourth-order valence-electron chi connectivity index (χ4n) is 4.21. The number of nitrogens with one attached hydrogen (secondary N) is 1. The van der Waals surface area contributed by atoms with Gasteiger partial charge in [0.15, 0.2) is 0 Å². The maximum Gasteiger partial charge on any atom is 0.0468 e. The first kappa shape index (κ1) is 16.2. The molecule has 0 aromatic rings. The van der Waals surface area contributed by atoms with Gasteiger partial charge < -0.3 is 9.64 Å². The minimum atomic E-state index is 0.240. The number of rotatable bonds is 5. The summed E-state index contributed by atoms with van der Waals surface area (Å²) in [4.78, 5) is 2.45. The van der Waals surface area contributed by atoms with Crippen molar-refractivity contribution in [3.8, 4) is 0 Å². The summed E-state index contributed by atoms with van der Waals surface area (Å²) < 4.78 is 5.49. The maximum atomic E-state index is 5.99. The van der Waals surface area contributed by atoms with Gasteiger partial charge in [0, 0.05) is 24.8 Å². The molecule has 1 atom stereocenters. The predicted octanol–water partition coefficient (Wildman–Crippen LogP) is 2.29. The smallest absolute Gasteiger partial charge is 0.0468 e. The van der Waals surface area contributed by atoms with Crippen molar-refractivity contribution in [3.63, 3.8) is 0 Å². The number of hydrazine groups is 1. The van der Waals surface area contributed by atoms with Crippen molar-refractivity contribution < 1.29 is 4.74 Å². The van der Waals surface area contributed by atoms with Crippen LogP contribution in [0.25, 0.3) is 0 Å². The average molecular weight is 283 g/mol. The summed E-state index contributed by atoms with van der Waals surface area (Å²) in [6, 6.07) is 0.402. The summed E-state index contributed by atoms with van der Waals surface area (Å²) in [6.07, 6.45) is 11.6. The first-order chi connectivity index (χ1) is 9.69. The maximum absolute atomic E-state index is 5.99. The molecule has 1 aliphatic carbocycles. The standard InChI is InChI=1S/C16H33N3O/c1-19(2)16(9-5-3-4-6-10-16)15(18-17)13-14-7-11-20-12-8-14/h14-15,18H,3-13,17H2,1-2H3. The number of hydrogen-bond donors (Lipinski definition) is 2. The molecule has 20 heavy (non-hydrogen) atoms. The normalized spacial score (nSPS) is 26.4. The van der Waals surface area contributed by atoms with Gasteiger partial charge >= 0.3 is 0 Å². The van der Waals surface area contributed by atoms with Gasteiger partial charge in [0.2, 0.25) is 0 Å². The fraction of sp³-hybridized carbons (Fsp3) is 1.00. The van der Waals surface area contributed by atoms with Crippen LogP contribution in [-0.4, -0.2) is 43.8 Å². The third kappa shape index (κ3) is 3.73. The Bertz CT molecular complexity index is 269. The van der Waals surface area contributed by atoms with Gasteiger partial charge in [-0.15, -0.1) is 0 Å². The highest BCUT2D eigenvalue weighted by molar-refractivity contribution is 4.99. The molecule has 0 spiro atoms. The van der Waals surface area contributed by atoms with Crippen LogP contribution in [0.5, 0.6) is 0 Å². The van der Waals surface area contributed by atoms with Crippen LogP contribution >= 0.6 is 0 Å². The van der Waals surface area contributed by atoms with Gasteiger partial charge in [0.1, 0.15) is 0 Å². The molecule has 2 aliphatic rings. The van der Waals surface area contributed by atoms with Crippen LogP contribution in [0.3, 0.4) is 0 Å². The van der Waals surface area contributed by atoms with E-state index >= 15 is 0 Å². The van der Waals surface area contributed by atoms with Crippen molar-refractivity contribution in [2.24, 2.45) is 11.8 Å².